The van der Waals surface area contributed by atoms with Gasteiger partial charge in [0.2, 0.25) is 5.91 Å². The number of hydrogen-bond acceptors (Lipinski definition) is 4. The summed E-state index contributed by atoms with van der Waals surface area (Å²) < 4.78 is 0. The number of amides is 1. The zero-order valence-corrected chi connectivity index (χ0v) is 12.0. The molecule has 1 amide bonds. The van der Waals surface area contributed by atoms with E-state index in [-0.39, 0.29) is 11.7 Å². The summed E-state index contributed by atoms with van der Waals surface area (Å²) in [4.78, 5) is 25.5. The Labute approximate surface area is 119 Å². The molecule has 1 saturated heterocycles. The number of hydrogen-bond donors (Lipinski definition) is 2. The average Bonchev–Trinajstić information content (AvgIpc) is 2.36. The van der Waals surface area contributed by atoms with Gasteiger partial charge >= 0.3 is 0 Å². The van der Waals surface area contributed by atoms with E-state index in [4.69, 9.17) is 0 Å². The van der Waals surface area contributed by atoms with Crippen molar-refractivity contribution in [2.75, 3.05) is 31.5 Å². The molecular weight excluding hydrogens is 254 g/mol. The summed E-state index contributed by atoms with van der Waals surface area (Å²) in [5.41, 5.74) is 1.28. The van der Waals surface area contributed by atoms with Crippen LogP contribution in [0.5, 0.6) is 0 Å². The molecule has 0 spiro atoms. The van der Waals surface area contributed by atoms with Crippen LogP contribution in [0.3, 0.4) is 0 Å². The molecule has 1 fully saturated rings. The lowest BCUT2D eigenvalue weighted by atomic mass is 10.1. The number of benzene rings is 1. The molecule has 0 saturated carbocycles. The number of rotatable bonds is 6. The molecule has 5 heteroatoms. The predicted octanol–water partition coefficient (Wildman–Crippen LogP) is 1.12. The van der Waals surface area contributed by atoms with Gasteiger partial charge in [0.15, 0.2) is 5.78 Å². The summed E-state index contributed by atoms with van der Waals surface area (Å²) in [6.45, 7) is 6.70. The van der Waals surface area contributed by atoms with Gasteiger partial charge in [-0.2, -0.15) is 0 Å². The highest BCUT2D eigenvalue weighted by Gasteiger charge is 2.24. The van der Waals surface area contributed by atoms with Crippen LogP contribution in [0.25, 0.3) is 0 Å². The van der Waals surface area contributed by atoms with Crippen LogP contribution in [0.1, 0.15) is 24.2 Å². The van der Waals surface area contributed by atoms with E-state index in [1.807, 2.05) is 0 Å². The molecule has 1 aromatic rings. The van der Waals surface area contributed by atoms with Gasteiger partial charge in [-0.15, -0.1) is 0 Å². The van der Waals surface area contributed by atoms with E-state index >= 15 is 0 Å². The number of nitrogens with one attached hydrogen (secondary N) is 2. The van der Waals surface area contributed by atoms with Crippen molar-refractivity contribution in [2.24, 2.45) is 0 Å². The molecular formula is C15H21N3O2. The Balaban J connectivity index is 1.93. The number of ketones is 1. The van der Waals surface area contributed by atoms with Crippen LogP contribution in [-0.2, 0) is 4.79 Å². The summed E-state index contributed by atoms with van der Waals surface area (Å²) in [5.74, 6) is -0.0451. The number of carbonyl (C=O) groups is 2. The van der Waals surface area contributed by atoms with Gasteiger partial charge in [-0.25, -0.2) is 0 Å². The van der Waals surface area contributed by atoms with Crippen LogP contribution in [0.15, 0.2) is 24.3 Å². The number of Topliss-reactive ketones (excluding diaryl/α,β-unsaturated/α-hetero) is 1. The molecule has 1 aliphatic rings. The summed E-state index contributed by atoms with van der Waals surface area (Å²) in [7, 11) is 0. The van der Waals surface area contributed by atoms with Crippen molar-refractivity contribution in [2.45, 2.75) is 19.9 Å². The number of likely N-dealkylation sites (N-methyl/N-ethyl adjacent to an activating group) is 1. The molecule has 1 heterocycles. The Morgan fingerprint density at radius 1 is 1.40 bits per heavy atom. The molecule has 2 N–H and O–H groups in total. The van der Waals surface area contributed by atoms with E-state index in [9.17, 15) is 9.59 Å². The summed E-state index contributed by atoms with van der Waals surface area (Å²) in [6, 6.07) is 7.48. The third-order valence-corrected chi connectivity index (χ3v) is 3.58. The van der Waals surface area contributed by atoms with Crippen LogP contribution in [-0.4, -0.2) is 48.8 Å². The molecule has 20 heavy (non-hydrogen) atoms. The van der Waals surface area contributed by atoms with Gasteiger partial charge in [0, 0.05) is 30.4 Å². The molecule has 1 aromatic carbocycles. The van der Waals surface area contributed by atoms with E-state index in [1.54, 1.807) is 24.3 Å². The molecule has 0 unspecified atom stereocenters. The molecule has 5 nitrogen and oxygen atoms in total. The van der Waals surface area contributed by atoms with Gasteiger partial charge in [-0.05, 0) is 25.6 Å². The minimum Gasteiger partial charge on any atom is -0.325 e. The quantitative estimate of drug-likeness (QED) is 0.764. The molecule has 2 rings (SSSR count). The van der Waals surface area contributed by atoms with Gasteiger partial charge in [0.05, 0.1) is 6.54 Å². The predicted molar refractivity (Wildman–Crippen MR) is 79.0 cm³/mol. The molecule has 0 radical (unpaired) electrons. The van der Waals surface area contributed by atoms with Crippen molar-refractivity contribution in [3.05, 3.63) is 29.8 Å². The maximum absolute atomic E-state index is 12.0. The van der Waals surface area contributed by atoms with Crippen LogP contribution in [0.4, 0.5) is 5.69 Å². The van der Waals surface area contributed by atoms with E-state index in [0.29, 0.717) is 23.8 Å². The molecule has 1 aliphatic heterocycles. The Kier molecular flexibility index (Phi) is 4.87. The van der Waals surface area contributed by atoms with E-state index in [1.165, 1.54) is 6.92 Å². The van der Waals surface area contributed by atoms with E-state index in [2.05, 4.69) is 22.5 Å². The van der Waals surface area contributed by atoms with Gasteiger partial charge in [-0.3, -0.25) is 14.5 Å². The molecule has 0 aliphatic carbocycles. The zero-order chi connectivity index (χ0) is 14.5. The summed E-state index contributed by atoms with van der Waals surface area (Å²) in [6.07, 6.45) is 0. The van der Waals surface area contributed by atoms with Crippen LogP contribution in [0, 0.1) is 0 Å². The van der Waals surface area contributed by atoms with E-state index < -0.39 is 0 Å². The Morgan fingerprint density at radius 2 is 2.15 bits per heavy atom. The fourth-order valence-corrected chi connectivity index (χ4v) is 2.23. The first-order valence-electron chi connectivity index (χ1n) is 6.95. The monoisotopic (exact) mass is 275 g/mol. The Bertz CT molecular complexity index is 498. The largest absolute Gasteiger partial charge is 0.325 e. The summed E-state index contributed by atoms with van der Waals surface area (Å²) in [5, 5.41) is 6.06. The second-order valence-corrected chi connectivity index (χ2v) is 5.06. The third-order valence-electron chi connectivity index (χ3n) is 3.58. The zero-order valence-electron chi connectivity index (χ0n) is 12.0. The van der Waals surface area contributed by atoms with Gasteiger partial charge in [0.1, 0.15) is 0 Å². The minimum atomic E-state index is -0.0422. The first-order valence-corrected chi connectivity index (χ1v) is 6.95. The number of carbonyl (C=O) groups excluding carboxylic acids is 2. The van der Waals surface area contributed by atoms with Crippen molar-refractivity contribution in [1.29, 1.82) is 0 Å². The van der Waals surface area contributed by atoms with Gasteiger partial charge in [-0.1, -0.05) is 19.1 Å². The number of anilines is 1. The average molecular weight is 275 g/mol. The fourth-order valence-electron chi connectivity index (χ4n) is 2.23. The molecule has 0 atom stereocenters. The highest BCUT2D eigenvalue weighted by molar-refractivity contribution is 5.97. The normalized spacial score (nSPS) is 14.9. The van der Waals surface area contributed by atoms with Crippen LogP contribution in [0.2, 0.25) is 0 Å². The Morgan fingerprint density at radius 3 is 2.70 bits per heavy atom. The second-order valence-electron chi connectivity index (χ2n) is 5.06. The highest BCUT2D eigenvalue weighted by atomic mass is 16.2. The lowest BCUT2D eigenvalue weighted by Gasteiger charge is -2.37. The topological polar surface area (TPSA) is 61.4 Å². The first-order chi connectivity index (χ1) is 9.60. The maximum atomic E-state index is 12.0. The van der Waals surface area contributed by atoms with Crippen LogP contribution >= 0.6 is 0 Å². The lowest BCUT2D eigenvalue weighted by Crippen LogP contribution is -2.58. The lowest BCUT2D eigenvalue weighted by molar-refractivity contribution is -0.118. The van der Waals surface area contributed by atoms with Crippen molar-refractivity contribution in [1.82, 2.24) is 10.2 Å². The minimum absolute atomic E-state index is 0.00294. The van der Waals surface area contributed by atoms with Crippen molar-refractivity contribution >= 4 is 17.4 Å². The van der Waals surface area contributed by atoms with E-state index in [0.717, 1.165) is 19.6 Å². The van der Waals surface area contributed by atoms with Gasteiger partial charge in [0.25, 0.3) is 0 Å². The SMILES string of the molecule is CCN(CC(=O)Nc1cccc(C(C)=O)c1)C1CNC1. The van der Waals surface area contributed by atoms with Crippen molar-refractivity contribution in [3.63, 3.8) is 0 Å². The Hall–Kier alpha value is -1.72. The fraction of sp³-hybridized carbons (Fsp3) is 0.467. The molecule has 108 valence electrons. The first kappa shape index (κ1) is 14.7. The van der Waals surface area contributed by atoms with Crippen LogP contribution < -0.4 is 10.6 Å². The van der Waals surface area contributed by atoms with Gasteiger partial charge < -0.3 is 10.6 Å². The maximum Gasteiger partial charge on any atom is 0.238 e. The third kappa shape index (κ3) is 3.65. The van der Waals surface area contributed by atoms with Crippen molar-refractivity contribution in [3.8, 4) is 0 Å². The summed E-state index contributed by atoms with van der Waals surface area (Å²) >= 11 is 0. The standard InChI is InChI=1S/C15H21N3O2/c1-3-18(14-8-16-9-14)10-15(20)17-13-6-4-5-12(7-13)11(2)19/h4-7,14,16H,3,8-10H2,1-2H3,(H,17,20). The highest BCUT2D eigenvalue weighted by Crippen LogP contribution is 2.12. The smallest absolute Gasteiger partial charge is 0.238 e. The second kappa shape index (κ2) is 6.63. The molecule has 0 bridgehead atoms. The van der Waals surface area contributed by atoms with Crippen molar-refractivity contribution < 1.29 is 9.59 Å². The molecule has 0 aromatic heterocycles. The number of nitrogens with zero attached hydrogens (tertiary/aromatic N) is 1.